The third kappa shape index (κ3) is 2.60. The maximum Gasteiger partial charge on any atom is 0.0721 e. The summed E-state index contributed by atoms with van der Waals surface area (Å²) in [6.45, 7) is 4.20. The van der Waals surface area contributed by atoms with Gasteiger partial charge in [-0.1, -0.05) is 28.1 Å². The molecular formula is C13H15BrN2S. The number of benzene rings is 1. The Morgan fingerprint density at radius 3 is 2.59 bits per heavy atom. The predicted molar refractivity (Wildman–Crippen MR) is 77.1 cm³/mol. The summed E-state index contributed by atoms with van der Waals surface area (Å²) in [5.74, 6) is 5.69. The third-order valence-electron chi connectivity index (χ3n) is 2.91. The summed E-state index contributed by atoms with van der Waals surface area (Å²) in [5, 5.41) is 2.10. The van der Waals surface area contributed by atoms with Crippen molar-refractivity contribution < 1.29 is 0 Å². The molecule has 2 nitrogen and oxygen atoms in total. The Bertz CT molecular complexity index is 522. The molecule has 0 saturated carbocycles. The van der Waals surface area contributed by atoms with E-state index in [-0.39, 0.29) is 6.04 Å². The van der Waals surface area contributed by atoms with Gasteiger partial charge in [0.25, 0.3) is 0 Å². The minimum atomic E-state index is 0.0538. The molecular weight excluding hydrogens is 296 g/mol. The molecule has 1 unspecified atom stereocenters. The Hall–Kier alpha value is -0.680. The van der Waals surface area contributed by atoms with Gasteiger partial charge in [0.1, 0.15) is 0 Å². The van der Waals surface area contributed by atoms with Crippen molar-refractivity contribution in [2.24, 2.45) is 5.84 Å². The van der Waals surface area contributed by atoms with Crippen LogP contribution in [0.3, 0.4) is 0 Å². The van der Waals surface area contributed by atoms with E-state index in [1.54, 1.807) is 11.3 Å². The van der Waals surface area contributed by atoms with Crippen LogP contribution >= 0.6 is 27.3 Å². The van der Waals surface area contributed by atoms with Gasteiger partial charge in [0.2, 0.25) is 0 Å². The minimum Gasteiger partial charge on any atom is -0.271 e. The van der Waals surface area contributed by atoms with Crippen LogP contribution in [-0.4, -0.2) is 0 Å². The van der Waals surface area contributed by atoms with Crippen LogP contribution in [0, 0.1) is 13.8 Å². The first-order chi connectivity index (χ1) is 8.13. The summed E-state index contributed by atoms with van der Waals surface area (Å²) in [6, 6.07) is 8.51. The molecule has 0 aliphatic rings. The fraction of sp³-hybridized carbons (Fsp3) is 0.231. The van der Waals surface area contributed by atoms with E-state index in [0.717, 1.165) is 4.47 Å². The summed E-state index contributed by atoms with van der Waals surface area (Å²) in [7, 11) is 0. The molecule has 4 heteroatoms. The van der Waals surface area contributed by atoms with Crippen molar-refractivity contribution in [3.8, 4) is 0 Å². The Morgan fingerprint density at radius 2 is 2.06 bits per heavy atom. The number of nitrogens with one attached hydrogen (secondary N) is 1. The van der Waals surface area contributed by atoms with Crippen molar-refractivity contribution in [2.45, 2.75) is 19.9 Å². The van der Waals surface area contributed by atoms with Gasteiger partial charge in [-0.2, -0.15) is 0 Å². The van der Waals surface area contributed by atoms with Crippen molar-refractivity contribution in [3.63, 3.8) is 0 Å². The summed E-state index contributed by atoms with van der Waals surface area (Å²) in [5.41, 5.74) is 6.54. The second kappa shape index (κ2) is 5.31. The maximum atomic E-state index is 5.69. The second-order valence-electron chi connectivity index (χ2n) is 4.04. The lowest BCUT2D eigenvalue weighted by Crippen LogP contribution is -2.29. The van der Waals surface area contributed by atoms with E-state index in [9.17, 15) is 0 Å². The molecule has 0 fully saturated rings. The van der Waals surface area contributed by atoms with Gasteiger partial charge < -0.3 is 0 Å². The van der Waals surface area contributed by atoms with Crippen molar-refractivity contribution in [3.05, 3.63) is 55.7 Å². The van der Waals surface area contributed by atoms with Crippen LogP contribution in [0.4, 0.5) is 0 Å². The smallest absolute Gasteiger partial charge is 0.0721 e. The van der Waals surface area contributed by atoms with Gasteiger partial charge in [-0.05, 0) is 48.1 Å². The molecule has 2 rings (SSSR count). The quantitative estimate of drug-likeness (QED) is 0.670. The van der Waals surface area contributed by atoms with Gasteiger partial charge in [0, 0.05) is 9.35 Å². The Labute approximate surface area is 114 Å². The predicted octanol–water partition coefficient (Wildman–Crippen LogP) is 3.68. The molecule has 1 atom stereocenters. The number of nitrogens with two attached hydrogens (primary N) is 1. The topological polar surface area (TPSA) is 38.0 Å². The van der Waals surface area contributed by atoms with Crippen molar-refractivity contribution in [1.82, 2.24) is 5.43 Å². The van der Waals surface area contributed by atoms with Gasteiger partial charge in [0.05, 0.1) is 6.04 Å². The number of hydrazine groups is 1. The Balaban J connectivity index is 2.42. The highest BCUT2D eigenvalue weighted by Gasteiger charge is 2.15. The first-order valence-corrected chi connectivity index (χ1v) is 7.07. The Kier molecular flexibility index (Phi) is 3.99. The average molecular weight is 311 g/mol. The highest BCUT2D eigenvalue weighted by atomic mass is 79.9. The fourth-order valence-electron chi connectivity index (χ4n) is 1.85. The van der Waals surface area contributed by atoms with Gasteiger partial charge in [-0.3, -0.25) is 5.84 Å². The summed E-state index contributed by atoms with van der Waals surface area (Å²) in [6.07, 6.45) is 0. The van der Waals surface area contributed by atoms with Gasteiger partial charge in [-0.25, -0.2) is 5.43 Å². The van der Waals surface area contributed by atoms with Crippen LogP contribution < -0.4 is 11.3 Å². The fourth-order valence-corrected chi connectivity index (χ4v) is 2.99. The molecule has 0 amide bonds. The van der Waals surface area contributed by atoms with Crippen LogP contribution in [0.25, 0.3) is 0 Å². The van der Waals surface area contributed by atoms with E-state index in [1.807, 2.05) is 0 Å². The number of thiophene rings is 1. The van der Waals surface area contributed by atoms with Gasteiger partial charge in [-0.15, -0.1) is 11.3 Å². The average Bonchev–Trinajstić information content (AvgIpc) is 2.71. The van der Waals surface area contributed by atoms with Crippen molar-refractivity contribution >= 4 is 27.3 Å². The SMILES string of the molecule is Cc1ccc(C(NN)c2ccsc2C)cc1Br. The molecule has 90 valence electrons. The van der Waals surface area contributed by atoms with Crippen molar-refractivity contribution in [1.29, 1.82) is 0 Å². The molecule has 1 aromatic carbocycles. The maximum absolute atomic E-state index is 5.69. The van der Waals surface area contributed by atoms with E-state index >= 15 is 0 Å². The number of hydrogen-bond acceptors (Lipinski definition) is 3. The molecule has 3 N–H and O–H groups in total. The molecule has 0 bridgehead atoms. The number of hydrogen-bond donors (Lipinski definition) is 2. The standard InChI is InChI=1S/C13H15BrN2S/c1-8-3-4-10(7-12(8)14)13(16-15)11-5-6-17-9(11)2/h3-7,13,16H,15H2,1-2H3. The van der Waals surface area contributed by atoms with E-state index in [4.69, 9.17) is 5.84 Å². The molecule has 0 aliphatic heterocycles. The van der Waals surface area contributed by atoms with Gasteiger partial charge >= 0.3 is 0 Å². The van der Waals surface area contributed by atoms with E-state index in [0.29, 0.717) is 0 Å². The second-order valence-corrected chi connectivity index (χ2v) is 6.02. The van der Waals surface area contributed by atoms with Crippen LogP contribution in [0.15, 0.2) is 34.1 Å². The van der Waals surface area contributed by atoms with Gasteiger partial charge in [0.15, 0.2) is 0 Å². The largest absolute Gasteiger partial charge is 0.271 e. The van der Waals surface area contributed by atoms with E-state index in [1.165, 1.54) is 21.6 Å². The summed E-state index contributed by atoms with van der Waals surface area (Å²) < 4.78 is 1.11. The molecule has 0 saturated heterocycles. The highest BCUT2D eigenvalue weighted by Crippen LogP contribution is 2.29. The third-order valence-corrected chi connectivity index (χ3v) is 4.62. The lowest BCUT2D eigenvalue weighted by atomic mass is 9.99. The molecule has 2 aromatic rings. The highest BCUT2D eigenvalue weighted by molar-refractivity contribution is 9.10. The molecule has 1 heterocycles. The number of aryl methyl sites for hydroxylation is 2. The molecule has 0 aliphatic carbocycles. The molecule has 1 aromatic heterocycles. The molecule has 17 heavy (non-hydrogen) atoms. The first-order valence-electron chi connectivity index (χ1n) is 5.39. The van der Waals surface area contributed by atoms with Crippen LogP contribution in [-0.2, 0) is 0 Å². The lowest BCUT2D eigenvalue weighted by molar-refractivity contribution is 0.636. The van der Waals surface area contributed by atoms with Crippen LogP contribution in [0.2, 0.25) is 0 Å². The molecule has 0 radical (unpaired) electrons. The zero-order chi connectivity index (χ0) is 12.4. The van der Waals surface area contributed by atoms with E-state index in [2.05, 4.69) is 64.8 Å². The Morgan fingerprint density at radius 1 is 1.29 bits per heavy atom. The lowest BCUT2D eigenvalue weighted by Gasteiger charge is -2.17. The van der Waals surface area contributed by atoms with Crippen LogP contribution in [0.1, 0.15) is 27.6 Å². The number of halogens is 1. The normalized spacial score (nSPS) is 12.7. The van der Waals surface area contributed by atoms with Crippen molar-refractivity contribution in [2.75, 3.05) is 0 Å². The van der Waals surface area contributed by atoms with Crippen LogP contribution in [0.5, 0.6) is 0 Å². The minimum absolute atomic E-state index is 0.0538. The summed E-state index contributed by atoms with van der Waals surface area (Å²) >= 11 is 5.30. The first kappa shape index (κ1) is 12.8. The zero-order valence-electron chi connectivity index (χ0n) is 9.83. The molecule has 0 spiro atoms. The van der Waals surface area contributed by atoms with E-state index < -0.39 is 0 Å². The zero-order valence-corrected chi connectivity index (χ0v) is 12.2. The summed E-state index contributed by atoms with van der Waals surface area (Å²) in [4.78, 5) is 1.30. The number of rotatable bonds is 3. The monoisotopic (exact) mass is 310 g/mol.